The third kappa shape index (κ3) is 4.83. The SMILES string of the molecule is CN(CCOC(N)=O)Cc1n[nH]c2ccc(OC3CCOCC3)cc12. The van der Waals surface area contributed by atoms with Crippen LogP contribution in [0.1, 0.15) is 18.5 Å². The van der Waals surface area contributed by atoms with Gasteiger partial charge < -0.3 is 19.9 Å². The number of carbonyl (C=O) groups is 1. The Kier molecular flexibility index (Phi) is 5.72. The van der Waals surface area contributed by atoms with Crippen molar-refractivity contribution in [3.63, 3.8) is 0 Å². The van der Waals surface area contributed by atoms with Crippen molar-refractivity contribution in [3.05, 3.63) is 23.9 Å². The first-order valence-corrected chi connectivity index (χ1v) is 8.44. The van der Waals surface area contributed by atoms with Crippen LogP contribution in [-0.4, -0.2) is 60.7 Å². The van der Waals surface area contributed by atoms with Gasteiger partial charge in [-0.2, -0.15) is 5.10 Å². The molecule has 0 aliphatic carbocycles. The van der Waals surface area contributed by atoms with Crippen molar-refractivity contribution in [2.45, 2.75) is 25.5 Å². The molecular weight excluding hydrogens is 324 g/mol. The van der Waals surface area contributed by atoms with Crippen molar-refractivity contribution in [2.75, 3.05) is 33.4 Å². The number of amides is 1. The van der Waals surface area contributed by atoms with Gasteiger partial charge in [0, 0.05) is 31.3 Å². The van der Waals surface area contributed by atoms with Crippen LogP contribution in [0.5, 0.6) is 5.75 Å². The quantitative estimate of drug-likeness (QED) is 0.789. The smallest absolute Gasteiger partial charge is 0.404 e. The number of aromatic amines is 1. The fourth-order valence-corrected chi connectivity index (χ4v) is 2.86. The second-order valence-corrected chi connectivity index (χ2v) is 6.21. The molecule has 2 heterocycles. The van der Waals surface area contributed by atoms with Gasteiger partial charge in [-0.1, -0.05) is 0 Å². The molecule has 0 spiro atoms. The summed E-state index contributed by atoms with van der Waals surface area (Å²) < 4.78 is 16.2. The van der Waals surface area contributed by atoms with Crippen molar-refractivity contribution >= 4 is 17.0 Å². The maximum absolute atomic E-state index is 10.6. The van der Waals surface area contributed by atoms with Gasteiger partial charge in [-0.3, -0.25) is 10.00 Å². The highest BCUT2D eigenvalue weighted by molar-refractivity contribution is 5.82. The van der Waals surface area contributed by atoms with E-state index in [2.05, 4.69) is 10.2 Å². The number of nitrogens with zero attached hydrogens (tertiary/aromatic N) is 2. The summed E-state index contributed by atoms with van der Waals surface area (Å²) in [4.78, 5) is 12.6. The molecular formula is C17H24N4O4. The van der Waals surface area contributed by atoms with E-state index in [0.29, 0.717) is 13.1 Å². The zero-order valence-electron chi connectivity index (χ0n) is 14.4. The van der Waals surface area contributed by atoms with E-state index in [1.54, 1.807) is 0 Å². The molecule has 8 nitrogen and oxygen atoms in total. The molecule has 0 unspecified atom stereocenters. The van der Waals surface area contributed by atoms with E-state index in [1.807, 2.05) is 30.1 Å². The van der Waals surface area contributed by atoms with Crippen molar-refractivity contribution in [1.82, 2.24) is 15.1 Å². The van der Waals surface area contributed by atoms with Gasteiger partial charge in [-0.05, 0) is 25.2 Å². The predicted molar refractivity (Wildman–Crippen MR) is 92.4 cm³/mol. The molecule has 1 fully saturated rings. The Morgan fingerprint density at radius 2 is 2.24 bits per heavy atom. The molecule has 0 radical (unpaired) electrons. The number of nitrogens with two attached hydrogens (primary N) is 1. The summed E-state index contributed by atoms with van der Waals surface area (Å²) in [5.74, 6) is 0.849. The number of benzene rings is 1. The number of H-pyrrole nitrogens is 1. The highest BCUT2D eigenvalue weighted by Gasteiger charge is 2.16. The molecule has 2 aromatic rings. The first-order valence-electron chi connectivity index (χ1n) is 8.44. The maximum Gasteiger partial charge on any atom is 0.404 e. The lowest BCUT2D eigenvalue weighted by atomic mass is 10.1. The van der Waals surface area contributed by atoms with Crippen LogP contribution in [0.3, 0.4) is 0 Å². The largest absolute Gasteiger partial charge is 0.490 e. The molecule has 8 heteroatoms. The predicted octanol–water partition coefficient (Wildman–Crippen LogP) is 1.65. The molecule has 3 N–H and O–H groups in total. The van der Waals surface area contributed by atoms with Crippen molar-refractivity contribution < 1.29 is 19.0 Å². The van der Waals surface area contributed by atoms with Crippen LogP contribution < -0.4 is 10.5 Å². The second-order valence-electron chi connectivity index (χ2n) is 6.21. The number of likely N-dealkylation sites (N-methyl/N-ethyl adjacent to an activating group) is 1. The van der Waals surface area contributed by atoms with Crippen LogP contribution in [-0.2, 0) is 16.0 Å². The van der Waals surface area contributed by atoms with Crippen LogP contribution in [0, 0.1) is 0 Å². The highest BCUT2D eigenvalue weighted by Crippen LogP contribution is 2.25. The zero-order valence-corrected chi connectivity index (χ0v) is 14.4. The first kappa shape index (κ1) is 17.5. The molecule has 0 bridgehead atoms. The van der Waals surface area contributed by atoms with Gasteiger partial charge in [0.1, 0.15) is 18.5 Å². The van der Waals surface area contributed by atoms with Crippen molar-refractivity contribution in [3.8, 4) is 5.75 Å². The summed E-state index contributed by atoms with van der Waals surface area (Å²) in [5, 5.41) is 8.47. The van der Waals surface area contributed by atoms with Gasteiger partial charge in [0.15, 0.2) is 0 Å². The summed E-state index contributed by atoms with van der Waals surface area (Å²) in [7, 11) is 1.94. The van der Waals surface area contributed by atoms with E-state index in [9.17, 15) is 4.79 Å². The molecule has 1 aliphatic heterocycles. The highest BCUT2D eigenvalue weighted by atomic mass is 16.5. The lowest BCUT2D eigenvalue weighted by Crippen LogP contribution is -2.26. The van der Waals surface area contributed by atoms with Crippen molar-refractivity contribution in [1.29, 1.82) is 0 Å². The van der Waals surface area contributed by atoms with E-state index in [0.717, 1.165) is 48.4 Å². The molecule has 1 aromatic carbocycles. The number of aromatic nitrogens is 2. The summed E-state index contributed by atoms with van der Waals surface area (Å²) in [5.41, 5.74) is 6.86. The molecule has 0 atom stereocenters. The number of hydrogen-bond donors (Lipinski definition) is 2. The lowest BCUT2D eigenvalue weighted by Gasteiger charge is -2.23. The lowest BCUT2D eigenvalue weighted by molar-refractivity contribution is 0.0256. The minimum absolute atomic E-state index is 0.204. The van der Waals surface area contributed by atoms with Gasteiger partial charge in [0.05, 0.1) is 24.4 Å². The topological polar surface area (TPSA) is 103 Å². The van der Waals surface area contributed by atoms with Crippen molar-refractivity contribution in [2.24, 2.45) is 5.73 Å². The molecule has 1 aliphatic rings. The molecule has 136 valence electrons. The molecule has 1 aromatic heterocycles. The number of ether oxygens (including phenoxy) is 3. The molecule has 25 heavy (non-hydrogen) atoms. The third-order valence-electron chi connectivity index (χ3n) is 4.22. The third-order valence-corrected chi connectivity index (χ3v) is 4.22. The van der Waals surface area contributed by atoms with Crippen LogP contribution in [0.2, 0.25) is 0 Å². The number of rotatable bonds is 7. The van der Waals surface area contributed by atoms with E-state index >= 15 is 0 Å². The fraction of sp³-hybridized carbons (Fsp3) is 0.529. The number of primary amides is 1. The summed E-state index contributed by atoms with van der Waals surface area (Å²) in [6, 6.07) is 5.97. The average Bonchev–Trinajstić information content (AvgIpc) is 2.98. The molecule has 0 saturated carbocycles. The normalized spacial score (nSPS) is 15.6. The number of fused-ring (bicyclic) bond motifs is 1. The number of hydrogen-bond acceptors (Lipinski definition) is 6. The van der Waals surface area contributed by atoms with Crippen LogP contribution in [0.4, 0.5) is 4.79 Å². The number of carbonyl (C=O) groups excluding carboxylic acids is 1. The minimum Gasteiger partial charge on any atom is -0.490 e. The molecule has 1 amide bonds. The summed E-state index contributed by atoms with van der Waals surface area (Å²) >= 11 is 0. The van der Waals surface area contributed by atoms with Gasteiger partial charge in [0.25, 0.3) is 0 Å². The Bertz CT molecular complexity index is 712. The molecule has 3 rings (SSSR count). The van der Waals surface area contributed by atoms with Crippen LogP contribution in [0.15, 0.2) is 18.2 Å². The summed E-state index contributed by atoms with van der Waals surface area (Å²) in [6.45, 7) is 2.97. The standard InChI is InChI=1S/C17H24N4O4/c1-21(6-9-24-17(18)22)11-16-14-10-13(2-3-15(14)19-20-16)25-12-4-7-23-8-5-12/h2-3,10,12H,4-9,11H2,1H3,(H2,18,22)(H,19,20). The van der Waals surface area contributed by atoms with Gasteiger partial charge in [-0.15, -0.1) is 0 Å². The average molecular weight is 348 g/mol. The van der Waals surface area contributed by atoms with Crippen LogP contribution >= 0.6 is 0 Å². The maximum atomic E-state index is 10.6. The number of nitrogens with one attached hydrogen (secondary N) is 1. The molecule has 1 saturated heterocycles. The van der Waals surface area contributed by atoms with E-state index in [1.165, 1.54) is 0 Å². The van der Waals surface area contributed by atoms with Gasteiger partial charge >= 0.3 is 6.09 Å². The Balaban J connectivity index is 1.64. The Morgan fingerprint density at radius 1 is 1.44 bits per heavy atom. The van der Waals surface area contributed by atoms with Gasteiger partial charge in [-0.25, -0.2) is 4.79 Å². The Hall–Kier alpha value is -2.32. The second kappa shape index (κ2) is 8.17. The summed E-state index contributed by atoms with van der Waals surface area (Å²) in [6.07, 6.45) is 1.28. The first-order chi connectivity index (χ1) is 12.1. The van der Waals surface area contributed by atoms with E-state index < -0.39 is 6.09 Å². The Labute approximate surface area is 146 Å². The van der Waals surface area contributed by atoms with Crippen LogP contribution in [0.25, 0.3) is 10.9 Å². The van der Waals surface area contributed by atoms with E-state index in [-0.39, 0.29) is 12.7 Å². The van der Waals surface area contributed by atoms with E-state index in [4.69, 9.17) is 19.9 Å². The van der Waals surface area contributed by atoms with Gasteiger partial charge in [0.2, 0.25) is 0 Å². The Morgan fingerprint density at radius 3 is 3.00 bits per heavy atom. The monoisotopic (exact) mass is 348 g/mol. The zero-order chi connectivity index (χ0) is 17.6. The minimum atomic E-state index is -0.756. The fourth-order valence-electron chi connectivity index (χ4n) is 2.86.